The third-order valence-corrected chi connectivity index (χ3v) is 4.30. The lowest BCUT2D eigenvalue weighted by molar-refractivity contribution is -0.120. The predicted octanol–water partition coefficient (Wildman–Crippen LogP) is 2.82. The Hall–Kier alpha value is -3.45. The molecule has 29 heavy (non-hydrogen) atoms. The van der Waals surface area contributed by atoms with E-state index in [1.165, 1.54) is 0 Å². The van der Waals surface area contributed by atoms with E-state index in [4.69, 9.17) is 5.10 Å². The number of hydrogen-bond donors (Lipinski definition) is 2. The van der Waals surface area contributed by atoms with E-state index in [1.54, 1.807) is 6.92 Å². The lowest BCUT2D eigenvalue weighted by Gasteiger charge is -2.16. The van der Waals surface area contributed by atoms with E-state index >= 15 is 0 Å². The van der Waals surface area contributed by atoms with Gasteiger partial charge in [-0.1, -0.05) is 48.5 Å². The molecule has 2 N–H and O–H groups in total. The Kier molecular flexibility index (Phi) is 6.76. The standard InChI is InChI=1S/C22H25N5O2/c1-3-23-22(29)24-20(28)16-26(2)14-18-15-27(19-12-8-5-9-13-19)25-21(18)17-10-6-4-7-11-17/h4-13,15H,3,14,16H2,1-2H3,(H2,23,24,28,29). The number of amides is 3. The molecule has 0 fully saturated rings. The van der Waals surface area contributed by atoms with Crippen LogP contribution in [0.5, 0.6) is 0 Å². The molecule has 0 saturated carbocycles. The first kappa shape index (κ1) is 20.3. The summed E-state index contributed by atoms with van der Waals surface area (Å²) < 4.78 is 1.85. The van der Waals surface area contributed by atoms with Crippen molar-refractivity contribution in [3.05, 3.63) is 72.4 Å². The molecule has 0 atom stereocenters. The van der Waals surface area contributed by atoms with Crippen LogP contribution in [0.25, 0.3) is 16.9 Å². The molecule has 0 aliphatic carbocycles. The highest BCUT2D eigenvalue weighted by Gasteiger charge is 2.16. The minimum Gasteiger partial charge on any atom is -0.338 e. The summed E-state index contributed by atoms with van der Waals surface area (Å²) in [6.45, 7) is 2.88. The van der Waals surface area contributed by atoms with Gasteiger partial charge in [0.25, 0.3) is 0 Å². The Morgan fingerprint density at radius 3 is 2.34 bits per heavy atom. The molecule has 0 radical (unpaired) electrons. The average molecular weight is 391 g/mol. The Labute approximate surface area is 170 Å². The fraction of sp³-hybridized carbons (Fsp3) is 0.227. The van der Waals surface area contributed by atoms with Gasteiger partial charge in [-0.05, 0) is 26.1 Å². The summed E-state index contributed by atoms with van der Waals surface area (Å²) in [6.07, 6.45) is 1.98. The third kappa shape index (κ3) is 5.52. The topological polar surface area (TPSA) is 79.3 Å². The van der Waals surface area contributed by atoms with Crippen LogP contribution in [-0.4, -0.2) is 46.8 Å². The number of para-hydroxylation sites is 1. The molecule has 3 aromatic rings. The zero-order chi connectivity index (χ0) is 20.6. The number of carbonyl (C=O) groups excluding carboxylic acids is 2. The minimum atomic E-state index is -0.479. The molecule has 0 unspecified atom stereocenters. The quantitative estimate of drug-likeness (QED) is 0.649. The average Bonchev–Trinajstić information content (AvgIpc) is 3.13. The van der Waals surface area contributed by atoms with Crippen LogP contribution in [0.2, 0.25) is 0 Å². The van der Waals surface area contributed by atoms with Crippen molar-refractivity contribution in [2.24, 2.45) is 0 Å². The number of aromatic nitrogens is 2. The molecule has 2 aromatic carbocycles. The SMILES string of the molecule is CCNC(=O)NC(=O)CN(C)Cc1cn(-c2ccccc2)nc1-c1ccccc1. The van der Waals surface area contributed by atoms with Crippen LogP contribution >= 0.6 is 0 Å². The van der Waals surface area contributed by atoms with E-state index in [1.807, 2.05) is 83.5 Å². The molecule has 0 aliphatic heterocycles. The molecule has 0 saturated heterocycles. The van der Waals surface area contributed by atoms with Crippen molar-refractivity contribution in [1.82, 2.24) is 25.3 Å². The molecule has 1 aromatic heterocycles. The first-order valence-corrected chi connectivity index (χ1v) is 9.52. The molecular formula is C22H25N5O2. The van der Waals surface area contributed by atoms with Crippen molar-refractivity contribution in [3.8, 4) is 16.9 Å². The first-order chi connectivity index (χ1) is 14.1. The van der Waals surface area contributed by atoms with Gasteiger partial charge in [0.15, 0.2) is 0 Å². The normalized spacial score (nSPS) is 10.7. The Balaban J connectivity index is 1.79. The van der Waals surface area contributed by atoms with Gasteiger partial charge < -0.3 is 5.32 Å². The van der Waals surface area contributed by atoms with Crippen LogP contribution in [0.15, 0.2) is 66.9 Å². The Morgan fingerprint density at radius 1 is 1.03 bits per heavy atom. The fourth-order valence-corrected chi connectivity index (χ4v) is 3.04. The van der Waals surface area contributed by atoms with Crippen molar-refractivity contribution < 1.29 is 9.59 Å². The number of benzene rings is 2. The van der Waals surface area contributed by atoms with Gasteiger partial charge in [0.1, 0.15) is 0 Å². The van der Waals surface area contributed by atoms with Gasteiger partial charge >= 0.3 is 6.03 Å². The monoisotopic (exact) mass is 391 g/mol. The van der Waals surface area contributed by atoms with Crippen LogP contribution < -0.4 is 10.6 Å². The zero-order valence-electron chi connectivity index (χ0n) is 16.6. The second-order valence-corrected chi connectivity index (χ2v) is 6.73. The maximum absolute atomic E-state index is 12.1. The Bertz CT molecular complexity index is 954. The van der Waals surface area contributed by atoms with Crippen molar-refractivity contribution >= 4 is 11.9 Å². The maximum atomic E-state index is 12.1. The van der Waals surface area contributed by atoms with Gasteiger partial charge in [0.2, 0.25) is 5.91 Å². The van der Waals surface area contributed by atoms with Crippen LogP contribution in [0.4, 0.5) is 4.79 Å². The van der Waals surface area contributed by atoms with Gasteiger partial charge in [-0.15, -0.1) is 0 Å². The van der Waals surface area contributed by atoms with Gasteiger partial charge in [-0.3, -0.25) is 15.0 Å². The van der Waals surface area contributed by atoms with Gasteiger partial charge in [0, 0.05) is 30.4 Å². The number of imide groups is 1. The van der Waals surface area contributed by atoms with E-state index in [9.17, 15) is 9.59 Å². The number of rotatable bonds is 7. The largest absolute Gasteiger partial charge is 0.338 e. The molecule has 3 rings (SSSR count). The molecule has 150 valence electrons. The number of nitrogens with zero attached hydrogens (tertiary/aromatic N) is 3. The number of urea groups is 1. The number of nitrogens with one attached hydrogen (secondary N) is 2. The zero-order valence-corrected chi connectivity index (χ0v) is 16.6. The summed E-state index contributed by atoms with van der Waals surface area (Å²) >= 11 is 0. The van der Waals surface area contributed by atoms with Crippen LogP contribution in [0.1, 0.15) is 12.5 Å². The summed E-state index contributed by atoms with van der Waals surface area (Å²) in [5, 5.41) is 9.65. The lowest BCUT2D eigenvalue weighted by atomic mass is 10.1. The van der Waals surface area contributed by atoms with Crippen molar-refractivity contribution in [1.29, 1.82) is 0 Å². The minimum absolute atomic E-state index is 0.0991. The number of hydrogen-bond acceptors (Lipinski definition) is 4. The molecule has 7 nitrogen and oxygen atoms in total. The highest BCUT2D eigenvalue weighted by atomic mass is 16.2. The summed E-state index contributed by atoms with van der Waals surface area (Å²) in [4.78, 5) is 25.4. The first-order valence-electron chi connectivity index (χ1n) is 9.52. The second kappa shape index (κ2) is 9.66. The molecule has 3 amide bonds. The van der Waals surface area contributed by atoms with Gasteiger partial charge in [0.05, 0.1) is 17.9 Å². The van der Waals surface area contributed by atoms with Crippen molar-refractivity contribution in [2.75, 3.05) is 20.1 Å². The molecule has 7 heteroatoms. The van der Waals surface area contributed by atoms with E-state index in [0.717, 1.165) is 22.5 Å². The smallest absolute Gasteiger partial charge is 0.321 e. The van der Waals surface area contributed by atoms with E-state index < -0.39 is 6.03 Å². The molecule has 0 spiro atoms. The van der Waals surface area contributed by atoms with Crippen LogP contribution in [0.3, 0.4) is 0 Å². The highest BCUT2D eigenvalue weighted by Crippen LogP contribution is 2.24. The van der Waals surface area contributed by atoms with E-state index in [0.29, 0.717) is 13.1 Å². The highest BCUT2D eigenvalue weighted by molar-refractivity contribution is 5.95. The van der Waals surface area contributed by atoms with Gasteiger partial charge in [-0.2, -0.15) is 5.10 Å². The Morgan fingerprint density at radius 2 is 1.69 bits per heavy atom. The second-order valence-electron chi connectivity index (χ2n) is 6.73. The van der Waals surface area contributed by atoms with E-state index in [-0.39, 0.29) is 12.5 Å². The fourth-order valence-electron chi connectivity index (χ4n) is 3.04. The predicted molar refractivity (Wildman–Crippen MR) is 113 cm³/mol. The number of likely N-dealkylation sites (N-methyl/N-ethyl adjacent to an activating group) is 1. The van der Waals surface area contributed by atoms with Gasteiger partial charge in [-0.25, -0.2) is 9.48 Å². The summed E-state index contributed by atoms with van der Waals surface area (Å²) in [7, 11) is 1.84. The molecule has 1 heterocycles. The maximum Gasteiger partial charge on any atom is 0.321 e. The third-order valence-electron chi connectivity index (χ3n) is 4.30. The lowest BCUT2D eigenvalue weighted by Crippen LogP contribution is -2.43. The van der Waals surface area contributed by atoms with Crippen molar-refractivity contribution in [2.45, 2.75) is 13.5 Å². The number of carbonyl (C=O) groups is 2. The summed E-state index contributed by atoms with van der Waals surface area (Å²) in [5.41, 5.74) is 3.84. The molecular weight excluding hydrogens is 366 g/mol. The molecule has 0 aliphatic rings. The van der Waals surface area contributed by atoms with Crippen LogP contribution in [0, 0.1) is 0 Å². The van der Waals surface area contributed by atoms with Crippen LogP contribution in [-0.2, 0) is 11.3 Å². The van der Waals surface area contributed by atoms with E-state index in [2.05, 4.69) is 10.6 Å². The summed E-state index contributed by atoms with van der Waals surface area (Å²) in [5.74, 6) is -0.352. The summed E-state index contributed by atoms with van der Waals surface area (Å²) in [6, 6.07) is 19.4. The molecule has 0 bridgehead atoms. The van der Waals surface area contributed by atoms with Crippen molar-refractivity contribution in [3.63, 3.8) is 0 Å².